The Kier molecular flexibility index (Phi) is 4.63. The molecule has 19 heavy (non-hydrogen) atoms. The van der Waals surface area contributed by atoms with Crippen LogP contribution in [0.4, 0.5) is 0 Å². The minimum atomic E-state index is -3.39. The van der Waals surface area contributed by atoms with Crippen LogP contribution in [0.1, 0.15) is 44.6 Å². The summed E-state index contributed by atoms with van der Waals surface area (Å²) in [7, 11) is -3.39. The third kappa shape index (κ3) is 3.57. The van der Waals surface area contributed by atoms with E-state index in [2.05, 4.69) is 11.6 Å². The van der Waals surface area contributed by atoms with Crippen LogP contribution >= 0.6 is 0 Å². The summed E-state index contributed by atoms with van der Waals surface area (Å²) in [6.45, 7) is 3.99. The standard InChI is InChI=1S/C15H23NO2S/c1-12-8-4-3-5-10-14(12)16-19(17,18)15-11-7-6-9-13(15)2/h6-7,9,11-12,14,16H,3-5,8,10H2,1-2H3. The Hall–Kier alpha value is -0.870. The van der Waals surface area contributed by atoms with Gasteiger partial charge in [-0.1, -0.05) is 44.4 Å². The maximum absolute atomic E-state index is 12.5. The van der Waals surface area contributed by atoms with Gasteiger partial charge in [-0.3, -0.25) is 0 Å². The molecular formula is C15H23NO2S. The van der Waals surface area contributed by atoms with E-state index in [1.807, 2.05) is 19.1 Å². The van der Waals surface area contributed by atoms with Crippen molar-refractivity contribution in [2.24, 2.45) is 5.92 Å². The Morgan fingerprint density at radius 1 is 1.11 bits per heavy atom. The first-order chi connectivity index (χ1) is 9.00. The second-order valence-corrected chi connectivity index (χ2v) is 7.29. The Morgan fingerprint density at radius 2 is 1.79 bits per heavy atom. The van der Waals surface area contributed by atoms with Gasteiger partial charge in [0, 0.05) is 6.04 Å². The normalized spacial score (nSPS) is 24.9. The van der Waals surface area contributed by atoms with E-state index in [1.54, 1.807) is 12.1 Å². The van der Waals surface area contributed by atoms with E-state index in [0.717, 1.165) is 24.8 Å². The highest BCUT2D eigenvalue weighted by molar-refractivity contribution is 7.89. The molecule has 2 atom stereocenters. The summed E-state index contributed by atoms with van der Waals surface area (Å²) in [5.41, 5.74) is 0.802. The minimum absolute atomic E-state index is 0.0760. The fourth-order valence-electron chi connectivity index (χ4n) is 2.79. The van der Waals surface area contributed by atoms with Crippen LogP contribution in [0, 0.1) is 12.8 Å². The maximum atomic E-state index is 12.5. The van der Waals surface area contributed by atoms with E-state index in [4.69, 9.17) is 0 Å². The van der Waals surface area contributed by atoms with Crippen molar-refractivity contribution in [3.63, 3.8) is 0 Å². The topological polar surface area (TPSA) is 46.2 Å². The lowest BCUT2D eigenvalue weighted by atomic mass is 9.98. The quantitative estimate of drug-likeness (QED) is 0.865. The zero-order valence-electron chi connectivity index (χ0n) is 11.7. The Morgan fingerprint density at radius 3 is 2.53 bits per heavy atom. The number of aryl methyl sites for hydroxylation is 1. The molecule has 0 amide bonds. The molecule has 1 aliphatic carbocycles. The summed E-state index contributed by atoms with van der Waals surface area (Å²) in [6, 6.07) is 7.23. The van der Waals surface area contributed by atoms with Gasteiger partial charge in [0.1, 0.15) is 0 Å². The van der Waals surface area contributed by atoms with Gasteiger partial charge in [-0.15, -0.1) is 0 Å². The molecule has 0 spiro atoms. The van der Waals surface area contributed by atoms with E-state index in [9.17, 15) is 8.42 Å². The van der Waals surface area contributed by atoms with Gasteiger partial charge in [-0.05, 0) is 37.3 Å². The molecule has 1 saturated carbocycles. The largest absolute Gasteiger partial charge is 0.241 e. The van der Waals surface area contributed by atoms with Gasteiger partial charge in [-0.25, -0.2) is 13.1 Å². The monoisotopic (exact) mass is 281 g/mol. The maximum Gasteiger partial charge on any atom is 0.241 e. The van der Waals surface area contributed by atoms with Crippen LogP contribution in [0.15, 0.2) is 29.2 Å². The summed E-state index contributed by atoms with van der Waals surface area (Å²) in [4.78, 5) is 0.409. The fourth-order valence-corrected chi connectivity index (χ4v) is 4.41. The predicted octanol–water partition coefficient (Wildman–Crippen LogP) is 3.24. The Bertz CT molecular complexity index is 525. The summed E-state index contributed by atoms with van der Waals surface area (Å²) in [5, 5.41) is 0. The molecular weight excluding hydrogens is 258 g/mol. The van der Waals surface area contributed by atoms with Gasteiger partial charge in [0.25, 0.3) is 0 Å². The molecule has 0 bridgehead atoms. The molecule has 4 heteroatoms. The third-order valence-corrected chi connectivity index (χ3v) is 5.70. The van der Waals surface area contributed by atoms with Gasteiger partial charge in [0.15, 0.2) is 0 Å². The van der Waals surface area contributed by atoms with Crippen LogP contribution < -0.4 is 4.72 Å². The molecule has 0 saturated heterocycles. The molecule has 2 unspecified atom stereocenters. The first kappa shape index (κ1) is 14.5. The molecule has 1 aliphatic rings. The van der Waals surface area contributed by atoms with Crippen molar-refractivity contribution in [1.82, 2.24) is 4.72 Å². The number of sulfonamides is 1. The highest BCUT2D eigenvalue weighted by Gasteiger charge is 2.26. The number of hydrogen-bond donors (Lipinski definition) is 1. The lowest BCUT2D eigenvalue weighted by Crippen LogP contribution is -2.39. The Balaban J connectivity index is 2.19. The Labute approximate surface area is 116 Å². The number of benzene rings is 1. The van der Waals surface area contributed by atoms with Gasteiger partial charge in [-0.2, -0.15) is 0 Å². The SMILES string of the molecule is Cc1ccccc1S(=O)(=O)NC1CCCCCC1C. The third-order valence-electron chi connectivity index (χ3n) is 4.05. The van der Waals surface area contributed by atoms with Crippen molar-refractivity contribution in [3.8, 4) is 0 Å². The summed E-state index contributed by atoms with van der Waals surface area (Å²) in [5.74, 6) is 0.418. The van der Waals surface area contributed by atoms with Gasteiger partial charge in [0.05, 0.1) is 4.90 Å². The number of rotatable bonds is 3. The van der Waals surface area contributed by atoms with Crippen molar-refractivity contribution in [2.45, 2.75) is 56.9 Å². The van der Waals surface area contributed by atoms with Crippen molar-refractivity contribution in [3.05, 3.63) is 29.8 Å². The lowest BCUT2D eigenvalue weighted by molar-refractivity contribution is 0.399. The van der Waals surface area contributed by atoms with Crippen LogP contribution in [-0.4, -0.2) is 14.5 Å². The average molecular weight is 281 g/mol. The van der Waals surface area contributed by atoms with Gasteiger partial charge in [0.2, 0.25) is 10.0 Å². The van der Waals surface area contributed by atoms with Crippen LogP contribution in [0.25, 0.3) is 0 Å². The number of hydrogen-bond acceptors (Lipinski definition) is 2. The van der Waals surface area contributed by atoms with Crippen LogP contribution in [-0.2, 0) is 10.0 Å². The van der Waals surface area contributed by atoms with Crippen LogP contribution in [0.5, 0.6) is 0 Å². The molecule has 3 nitrogen and oxygen atoms in total. The second-order valence-electron chi connectivity index (χ2n) is 5.61. The molecule has 1 N–H and O–H groups in total. The summed E-state index contributed by atoms with van der Waals surface area (Å²) < 4.78 is 27.9. The van der Waals surface area contributed by atoms with Crippen molar-refractivity contribution >= 4 is 10.0 Å². The molecule has 1 aromatic carbocycles. The molecule has 0 aliphatic heterocycles. The van der Waals surface area contributed by atoms with E-state index in [1.165, 1.54) is 12.8 Å². The molecule has 0 heterocycles. The fraction of sp³-hybridized carbons (Fsp3) is 0.600. The van der Waals surface area contributed by atoms with E-state index >= 15 is 0 Å². The molecule has 1 aromatic rings. The molecule has 106 valence electrons. The lowest BCUT2D eigenvalue weighted by Gasteiger charge is -2.23. The molecule has 0 radical (unpaired) electrons. The van der Waals surface area contributed by atoms with E-state index < -0.39 is 10.0 Å². The van der Waals surface area contributed by atoms with Crippen LogP contribution in [0.3, 0.4) is 0 Å². The zero-order valence-corrected chi connectivity index (χ0v) is 12.5. The van der Waals surface area contributed by atoms with E-state index in [0.29, 0.717) is 10.8 Å². The average Bonchev–Trinajstić information content (AvgIpc) is 2.55. The zero-order chi connectivity index (χ0) is 13.9. The highest BCUT2D eigenvalue weighted by Crippen LogP contribution is 2.25. The highest BCUT2D eigenvalue weighted by atomic mass is 32.2. The van der Waals surface area contributed by atoms with Gasteiger partial charge >= 0.3 is 0 Å². The molecule has 0 aromatic heterocycles. The predicted molar refractivity (Wildman–Crippen MR) is 77.5 cm³/mol. The second kappa shape index (κ2) is 6.06. The molecule has 2 rings (SSSR count). The molecule has 1 fully saturated rings. The van der Waals surface area contributed by atoms with E-state index in [-0.39, 0.29) is 6.04 Å². The first-order valence-corrected chi connectivity index (χ1v) is 8.57. The number of nitrogens with one attached hydrogen (secondary N) is 1. The van der Waals surface area contributed by atoms with Crippen molar-refractivity contribution in [1.29, 1.82) is 0 Å². The van der Waals surface area contributed by atoms with Crippen molar-refractivity contribution < 1.29 is 8.42 Å². The van der Waals surface area contributed by atoms with Crippen molar-refractivity contribution in [2.75, 3.05) is 0 Å². The minimum Gasteiger partial charge on any atom is -0.208 e. The van der Waals surface area contributed by atoms with Gasteiger partial charge < -0.3 is 0 Å². The van der Waals surface area contributed by atoms with Crippen LogP contribution in [0.2, 0.25) is 0 Å². The smallest absolute Gasteiger partial charge is 0.208 e. The summed E-state index contributed by atoms with van der Waals surface area (Å²) >= 11 is 0. The first-order valence-electron chi connectivity index (χ1n) is 7.08. The summed E-state index contributed by atoms with van der Waals surface area (Å²) in [6.07, 6.45) is 5.61.